The van der Waals surface area contributed by atoms with Crippen LogP contribution in [0.25, 0.3) is 0 Å². The van der Waals surface area contributed by atoms with Crippen LogP contribution in [-0.2, 0) is 20.7 Å². The molecule has 6 heteroatoms. The predicted molar refractivity (Wildman–Crippen MR) is 67.8 cm³/mol. The molecule has 0 heterocycles. The predicted octanol–water partition coefficient (Wildman–Crippen LogP) is 1.42. The monoisotopic (exact) mass is 317 g/mol. The minimum Gasteiger partial charge on any atom is -0.468 e. The van der Waals surface area contributed by atoms with Gasteiger partial charge in [0, 0.05) is 6.54 Å². The van der Waals surface area contributed by atoms with Gasteiger partial charge in [-0.2, -0.15) is 0 Å². The topological polar surface area (TPSA) is 55.4 Å². The highest BCUT2D eigenvalue weighted by molar-refractivity contribution is 9.10. The van der Waals surface area contributed by atoms with Crippen LogP contribution in [0.5, 0.6) is 0 Å². The molecule has 0 aromatic heterocycles. The molecule has 1 aromatic carbocycles. The van der Waals surface area contributed by atoms with E-state index in [0.717, 1.165) is 0 Å². The Hall–Kier alpha value is -1.43. The van der Waals surface area contributed by atoms with Gasteiger partial charge >= 0.3 is 5.97 Å². The number of nitrogens with one attached hydrogen (secondary N) is 1. The van der Waals surface area contributed by atoms with E-state index in [1.807, 2.05) is 0 Å². The van der Waals surface area contributed by atoms with Crippen molar-refractivity contribution in [1.29, 1.82) is 0 Å². The van der Waals surface area contributed by atoms with Gasteiger partial charge in [0.15, 0.2) is 0 Å². The average molecular weight is 318 g/mol. The number of alkyl halides is 1. The van der Waals surface area contributed by atoms with Gasteiger partial charge in [0.25, 0.3) is 0 Å². The van der Waals surface area contributed by atoms with Crippen LogP contribution >= 0.6 is 15.9 Å². The number of carbonyl (C=O) groups is 2. The van der Waals surface area contributed by atoms with Crippen LogP contribution in [0, 0.1) is 5.82 Å². The smallest absolute Gasteiger partial charge is 0.321 e. The number of halogens is 2. The Balaban J connectivity index is 2.41. The van der Waals surface area contributed by atoms with E-state index in [1.54, 1.807) is 12.1 Å². The SMILES string of the molecule is COC(=O)C(Br)CNC(=O)Cc1cccc(F)c1. The molecule has 1 aromatic rings. The van der Waals surface area contributed by atoms with E-state index in [1.165, 1.54) is 19.2 Å². The lowest BCUT2D eigenvalue weighted by Crippen LogP contribution is -2.34. The maximum absolute atomic E-state index is 12.9. The summed E-state index contributed by atoms with van der Waals surface area (Å²) in [6.07, 6.45) is 0.0681. The van der Waals surface area contributed by atoms with Crippen molar-refractivity contribution >= 4 is 27.8 Å². The van der Waals surface area contributed by atoms with E-state index < -0.39 is 10.8 Å². The van der Waals surface area contributed by atoms with Crippen molar-refractivity contribution in [3.05, 3.63) is 35.6 Å². The highest BCUT2D eigenvalue weighted by atomic mass is 79.9. The Morgan fingerprint density at radius 2 is 2.22 bits per heavy atom. The lowest BCUT2D eigenvalue weighted by molar-refractivity contribution is -0.139. The maximum Gasteiger partial charge on any atom is 0.321 e. The number of methoxy groups -OCH3 is 1. The fraction of sp³-hybridized carbons (Fsp3) is 0.333. The molecule has 1 unspecified atom stereocenters. The number of amides is 1. The summed E-state index contributed by atoms with van der Waals surface area (Å²) >= 11 is 3.08. The van der Waals surface area contributed by atoms with E-state index in [2.05, 4.69) is 26.0 Å². The molecule has 0 radical (unpaired) electrons. The van der Waals surface area contributed by atoms with Crippen LogP contribution in [0.3, 0.4) is 0 Å². The van der Waals surface area contributed by atoms with Crippen molar-refractivity contribution < 1.29 is 18.7 Å². The molecule has 0 aliphatic carbocycles. The van der Waals surface area contributed by atoms with Gasteiger partial charge in [-0.1, -0.05) is 28.1 Å². The molecule has 0 saturated carbocycles. The van der Waals surface area contributed by atoms with Crippen molar-refractivity contribution in [2.45, 2.75) is 11.2 Å². The molecule has 0 aliphatic heterocycles. The van der Waals surface area contributed by atoms with Crippen LogP contribution in [-0.4, -0.2) is 30.4 Å². The third kappa shape index (κ3) is 4.83. The first-order chi connectivity index (χ1) is 8.52. The average Bonchev–Trinajstić information content (AvgIpc) is 2.35. The van der Waals surface area contributed by atoms with Crippen LogP contribution < -0.4 is 5.32 Å². The molecule has 1 atom stereocenters. The number of benzene rings is 1. The van der Waals surface area contributed by atoms with Crippen molar-refractivity contribution in [3.8, 4) is 0 Å². The van der Waals surface area contributed by atoms with Gasteiger partial charge in [0.2, 0.25) is 5.91 Å². The molecule has 4 nitrogen and oxygen atoms in total. The molecular weight excluding hydrogens is 305 g/mol. The minimum absolute atomic E-state index is 0.0681. The van der Waals surface area contributed by atoms with Gasteiger partial charge in [-0.25, -0.2) is 4.39 Å². The van der Waals surface area contributed by atoms with E-state index in [9.17, 15) is 14.0 Å². The van der Waals surface area contributed by atoms with Gasteiger partial charge < -0.3 is 10.1 Å². The summed E-state index contributed by atoms with van der Waals surface area (Å²) < 4.78 is 17.4. The van der Waals surface area contributed by atoms with E-state index in [4.69, 9.17) is 0 Å². The quantitative estimate of drug-likeness (QED) is 0.660. The third-order valence-corrected chi connectivity index (χ3v) is 2.89. The van der Waals surface area contributed by atoms with E-state index in [-0.39, 0.29) is 24.7 Å². The Morgan fingerprint density at radius 3 is 2.83 bits per heavy atom. The van der Waals surface area contributed by atoms with Crippen LogP contribution in [0.2, 0.25) is 0 Å². The molecule has 0 aliphatic rings. The summed E-state index contributed by atoms with van der Waals surface area (Å²) in [5.41, 5.74) is 0.580. The molecule has 98 valence electrons. The highest BCUT2D eigenvalue weighted by Crippen LogP contribution is 2.05. The van der Waals surface area contributed by atoms with E-state index >= 15 is 0 Å². The van der Waals surface area contributed by atoms with Gasteiger partial charge in [-0.15, -0.1) is 0 Å². The number of carbonyl (C=O) groups excluding carboxylic acids is 2. The number of esters is 1. The van der Waals surface area contributed by atoms with Gasteiger partial charge in [0.05, 0.1) is 13.5 Å². The number of hydrogen-bond acceptors (Lipinski definition) is 3. The molecule has 0 fully saturated rings. The van der Waals surface area contributed by atoms with Crippen molar-refractivity contribution in [2.75, 3.05) is 13.7 Å². The van der Waals surface area contributed by atoms with Crippen LogP contribution in [0.1, 0.15) is 5.56 Å². The lowest BCUT2D eigenvalue weighted by atomic mass is 10.1. The van der Waals surface area contributed by atoms with Crippen LogP contribution in [0.4, 0.5) is 4.39 Å². The molecule has 0 spiro atoms. The van der Waals surface area contributed by atoms with Crippen molar-refractivity contribution in [3.63, 3.8) is 0 Å². The summed E-state index contributed by atoms with van der Waals surface area (Å²) in [4.78, 5) is 22.0. The van der Waals surface area contributed by atoms with Gasteiger partial charge in [-0.05, 0) is 17.7 Å². The Kier molecular flexibility index (Phi) is 5.77. The summed E-state index contributed by atoms with van der Waals surface area (Å²) in [5.74, 6) is -1.12. The fourth-order valence-electron chi connectivity index (χ4n) is 1.31. The second-order valence-electron chi connectivity index (χ2n) is 3.60. The standard InChI is InChI=1S/C12H13BrFNO3/c1-18-12(17)10(13)7-15-11(16)6-8-3-2-4-9(14)5-8/h2-5,10H,6-7H2,1H3,(H,15,16). The second-order valence-corrected chi connectivity index (χ2v) is 4.71. The fourth-order valence-corrected chi connectivity index (χ4v) is 1.66. The second kappa shape index (κ2) is 7.10. The van der Waals surface area contributed by atoms with Gasteiger partial charge in [0.1, 0.15) is 10.6 Å². The zero-order valence-electron chi connectivity index (χ0n) is 9.78. The summed E-state index contributed by atoms with van der Waals surface area (Å²) in [5, 5.41) is 2.56. The highest BCUT2D eigenvalue weighted by Gasteiger charge is 2.16. The minimum atomic E-state index is -0.584. The molecule has 1 rings (SSSR count). The first kappa shape index (κ1) is 14.6. The number of hydrogen-bond donors (Lipinski definition) is 1. The largest absolute Gasteiger partial charge is 0.468 e. The first-order valence-corrected chi connectivity index (χ1v) is 6.17. The summed E-state index contributed by atoms with van der Waals surface area (Å²) in [6.45, 7) is 0.126. The molecule has 0 bridgehead atoms. The summed E-state index contributed by atoms with van der Waals surface area (Å²) in [7, 11) is 1.27. The Morgan fingerprint density at radius 1 is 1.50 bits per heavy atom. The molecular formula is C12H13BrFNO3. The zero-order valence-corrected chi connectivity index (χ0v) is 11.4. The van der Waals surface area contributed by atoms with Crippen LogP contribution in [0.15, 0.2) is 24.3 Å². The van der Waals surface area contributed by atoms with Crippen molar-refractivity contribution in [2.24, 2.45) is 0 Å². The van der Waals surface area contributed by atoms with Gasteiger partial charge in [-0.3, -0.25) is 9.59 Å². The molecule has 1 amide bonds. The first-order valence-electron chi connectivity index (χ1n) is 5.26. The molecule has 1 N–H and O–H groups in total. The summed E-state index contributed by atoms with van der Waals surface area (Å²) in [6, 6.07) is 5.81. The third-order valence-electron chi connectivity index (χ3n) is 2.19. The Labute approximate surface area is 113 Å². The van der Waals surface area contributed by atoms with E-state index in [0.29, 0.717) is 5.56 Å². The number of rotatable bonds is 5. The maximum atomic E-state index is 12.9. The Bertz CT molecular complexity index is 439. The molecule has 18 heavy (non-hydrogen) atoms. The number of ether oxygens (including phenoxy) is 1. The lowest BCUT2D eigenvalue weighted by Gasteiger charge is -2.09. The van der Waals surface area contributed by atoms with Crippen molar-refractivity contribution in [1.82, 2.24) is 5.32 Å². The zero-order chi connectivity index (χ0) is 13.5. The molecule has 0 saturated heterocycles. The normalized spacial score (nSPS) is 11.7.